The van der Waals surface area contributed by atoms with E-state index in [1.54, 1.807) is 19.1 Å². The molecule has 2 rings (SSSR count). The fourth-order valence-corrected chi connectivity index (χ4v) is 2.77. The minimum atomic E-state index is -0.285. The van der Waals surface area contributed by atoms with Crippen molar-refractivity contribution < 1.29 is 9.18 Å². The maximum atomic E-state index is 13.4. The number of anilines is 1. The molecule has 2 atom stereocenters. The summed E-state index contributed by atoms with van der Waals surface area (Å²) in [4.78, 5) is 12.1. The number of piperidine rings is 1. The summed E-state index contributed by atoms with van der Waals surface area (Å²) in [5.41, 5.74) is 1.07. The van der Waals surface area contributed by atoms with Crippen molar-refractivity contribution in [2.75, 3.05) is 18.4 Å². The molecule has 0 radical (unpaired) electrons. The molecule has 1 fully saturated rings. The third-order valence-electron chi connectivity index (χ3n) is 4.19. The van der Waals surface area contributed by atoms with E-state index < -0.39 is 0 Å². The van der Waals surface area contributed by atoms with Gasteiger partial charge in [-0.15, -0.1) is 12.4 Å². The van der Waals surface area contributed by atoms with Crippen LogP contribution in [0.2, 0.25) is 0 Å². The zero-order valence-corrected chi connectivity index (χ0v) is 13.4. The maximum absolute atomic E-state index is 13.4. The number of benzene rings is 1. The van der Waals surface area contributed by atoms with Crippen molar-refractivity contribution in [1.29, 1.82) is 0 Å². The van der Waals surface area contributed by atoms with Crippen molar-refractivity contribution in [1.82, 2.24) is 5.32 Å². The minimum Gasteiger partial charge on any atom is -0.326 e. The van der Waals surface area contributed by atoms with E-state index in [4.69, 9.17) is 0 Å². The lowest BCUT2D eigenvalue weighted by Gasteiger charge is -2.28. The highest BCUT2D eigenvalue weighted by molar-refractivity contribution is 5.91. The second-order valence-electron chi connectivity index (χ2n) is 5.75. The van der Waals surface area contributed by atoms with Gasteiger partial charge in [-0.1, -0.05) is 13.0 Å². The van der Waals surface area contributed by atoms with E-state index in [0.29, 0.717) is 29.5 Å². The Morgan fingerprint density at radius 1 is 1.52 bits per heavy atom. The van der Waals surface area contributed by atoms with Crippen LogP contribution in [-0.2, 0) is 4.79 Å². The van der Waals surface area contributed by atoms with Gasteiger partial charge in [0.2, 0.25) is 5.91 Å². The fraction of sp³-hybridized carbons (Fsp3) is 0.562. The average molecular weight is 315 g/mol. The van der Waals surface area contributed by atoms with E-state index in [9.17, 15) is 9.18 Å². The lowest BCUT2D eigenvalue weighted by Crippen LogP contribution is -2.34. The van der Waals surface area contributed by atoms with Gasteiger partial charge in [0, 0.05) is 17.7 Å². The average Bonchev–Trinajstić information content (AvgIpc) is 2.45. The van der Waals surface area contributed by atoms with Gasteiger partial charge in [-0.3, -0.25) is 4.79 Å². The quantitative estimate of drug-likeness (QED) is 0.893. The summed E-state index contributed by atoms with van der Waals surface area (Å²) in [6.45, 7) is 5.88. The molecule has 1 aliphatic heterocycles. The molecule has 0 saturated carbocycles. The van der Waals surface area contributed by atoms with E-state index in [0.717, 1.165) is 13.1 Å². The SMILES string of the molecule is Cc1c(F)cccc1NC(=O)CC(C)C1CCCNC1.Cl. The predicted molar refractivity (Wildman–Crippen MR) is 86.4 cm³/mol. The number of hydrogen-bond donors (Lipinski definition) is 2. The smallest absolute Gasteiger partial charge is 0.224 e. The van der Waals surface area contributed by atoms with Crippen LogP contribution in [0.15, 0.2) is 18.2 Å². The second kappa shape index (κ2) is 8.35. The Labute approximate surface area is 132 Å². The Hall–Kier alpha value is -1.13. The summed E-state index contributed by atoms with van der Waals surface area (Å²) in [5, 5.41) is 6.20. The number of nitrogens with one attached hydrogen (secondary N) is 2. The monoisotopic (exact) mass is 314 g/mol. The van der Waals surface area contributed by atoms with Gasteiger partial charge in [-0.2, -0.15) is 0 Å². The normalized spacial score (nSPS) is 19.5. The van der Waals surface area contributed by atoms with E-state index >= 15 is 0 Å². The van der Waals surface area contributed by atoms with Crippen LogP contribution in [0.3, 0.4) is 0 Å². The van der Waals surface area contributed by atoms with Crippen LogP contribution in [0, 0.1) is 24.6 Å². The van der Waals surface area contributed by atoms with E-state index in [2.05, 4.69) is 17.6 Å². The number of halogens is 2. The van der Waals surface area contributed by atoms with Gasteiger partial charge in [-0.25, -0.2) is 4.39 Å². The van der Waals surface area contributed by atoms with Crippen molar-refractivity contribution in [2.45, 2.75) is 33.1 Å². The molecule has 0 aliphatic carbocycles. The van der Waals surface area contributed by atoms with Gasteiger partial charge < -0.3 is 10.6 Å². The standard InChI is InChI=1S/C16H23FN2O.ClH/c1-11(13-5-4-8-18-10-13)9-16(20)19-15-7-3-6-14(17)12(15)2;/h3,6-7,11,13,18H,4-5,8-10H2,1-2H3,(H,19,20);1H. The topological polar surface area (TPSA) is 41.1 Å². The molecular weight excluding hydrogens is 291 g/mol. The molecular formula is C16H24ClFN2O. The summed E-state index contributed by atoms with van der Waals surface area (Å²) in [6, 6.07) is 4.76. The summed E-state index contributed by atoms with van der Waals surface area (Å²) in [6.07, 6.45) is 2.85. The van der Waals surface area contributed by atoms with Crippen molar-refractivity contribution in [3.63, 3.8) is 0 Å². The Kier molecular flexibility index (Phi) is 7.12. The molecule has 0 spiro atoms. The van der Waals surface area contributed by atoms with Crippen LogP contribution in [0.4, 0.5) is 10.1 Å². The number of amides is 1. The molecule has 0 bridgehead atoms. The fourth-order valence-electron chi connectivity index (χ4n) is 2.77. The van der Waals surface area contributed by atoms with Gasteiger partial charge in [0.05, 0.1) is 0 Å². The van der Waals surface area contributed by atoms with Crippen molar-refractivity contribution >= 4 is 24.0 Å². The van der Waals surface area contributed by atoms with Crippen LogP contribution >= 0.6 is 12.4 Å². The lowest BCUT2D eigenvalue weighted by atomic mass is 9.85. The first-order valence-electron chi connectivity index (χ1n) is 7.33. The van der Waals surface area contributed by atoms with Crippen LogP contribution < -0.4 is 10.6 Å². The highest BCUT2D eigenvalue weighted by Gasteiger charge is 2.22. The third kappa shape index (κ3) is 4.97. The molecule has 1 heterocycles. The van der Waals surface area contributed by atoms with E-state index in [-0.39, 0.29) is 24.1 Å². The lowest BCUT2D eigenvalue weighted by molar-refractivity contribution is -0.117. The Bertz CT molecular complexity index is 475. The van der Waals surface area contributed by atoms with Gasteiger partial charge in [0.1, 0.15) is 5.82 Å². The Balaban J connectivity index is 0.00000220. The Morgan fingerprint density at radius 3 is 2.95 bits per heavy atom. The zero-order valence-electron chi connectivity index (χ0n) is 12.6. The number of carbonyl (C=O) groups excluding carboxylic acids is 1. The summed E-state index contributed by atoms with van der Waals surface area (Å²) >= 11 is 0. The predicted octanol–water partition coefficient (Wildman–Crippen LogP) is 3.52. The largest absolute Gasteiger partial charge is 0.326 e. The molecule has 2 unspecified atom stereocenters. The zero-order chi connectivity index (χ0) is 14.5. The highest BCUT2D eigenvalue weighted by Crippen LogP contribution is 2.24. The van der Waals surface area contributed by atoms with E-state index in [1.165, 1.54) is 18.9 Å². The number of rotatable bonds is 4. The summed E-state index contributed by atoms with van der Waals surface area (Å²) in [7, 11) is 0. The molecule has 1 amide bonds. The van der Waals surface area contributed by atoms with Crippen LogP contribution in [0.5, 0.6) is 0 Å². The Morgan fingerprint density at radius 2 is 2.29 bits per heavy atom. The molecule has 2 N–H and O–H groups in total. The molecule has 3 nitrogen and oxygen atoms in total. The van der Waals surface area contributed by atoms with Crippen LogP contribution in [-0.4, -0.2) is 19.0 Å². The third-order valence-corrected chi connectivity index (χ3v) is 4.19. The van der Waals surface area contributed by atoms with Crippen LogP contribution in [0.25, 0.3) is 0 Å². The summed E-state index contributed by atoms with van der Waals surface area (Å²) < 4.78 is 13.4. The summed E-state index contributed by atoms with van der Waals surface area (Å²) in [5.74, 6) is 0.587. The minimum absolute atomic E-state index is 0. The molecule has 118 valence electrons. The molecule has 1 aromatic carbocycles. The van der Waals surface area contributed by atoms with Crippen LogP contribution in [0.1, 0.15) is 31.7 Å². The first-order chi connectivity index (χ1) is 9.58. The van der Waals surface area contributed by atoms with Gasteiger partial charge in [-0.05, 0) is 56.8 Å². The highest BCUT2D eigenvalue weighted by atomic mass is 35.5. The van der Waals surface area contributed by atoms with Gasteiger partial charge >= 0.3 is 0 Å². The molecule has 1 saturated heterocycles. The van der Waals surface area contributed by atoms with Crippen molar-refractivity contribution in [3.8, 4) is 0 Å². The van der Waals surface area contributed by atoms with Crippen molar-refractivity contribution in [3.05, 3.63) is 29.6 Å². The molecule has 1 aliphatic rings. The molecule has 1 aromatic rings. The molecule has 5 heteroatoms. The molecule has 21 heavy (non-hydrogen) atoms. The van der Waals surface area contributed by atoms with Gasteiger partial charge in [0.15, 0.2) is 0 Å². The second-order valence-corrected chi connectivity index (χ2v) is 5.75. The molecule has 0 aromatic heterocycles. The first-order valence-corrected chi connectivity index (χ1v) is 7.33. The number of carbonyl (C=O) groups is 1. The van der Waals surface area contributed by atoms with Gasteiger partial charge in [0.25, 0.3) is 0 Å². The van der Waals surface area contributed by atoms with E-state index in [1.807, 2.05) is 0 Å². The first kappa shape index (κ1) is 17.9. The maximum Gasteiger partial charge on any atom is 0.224 e. The van der Waals surface area contributed by atoms with Crippen molar-refractivity contribution in [2.24, 2.45) is 11.8 Å². The number of hydrogen-bond acceptors (Lipinski definition) is 2.